The first-order valence-electron chi connectivity index (χ1n) is 9.67. The van der Waals surface area contributed by atoms with Crippen molar-refractivity contribution < 1.29 is 18.3 Å². The zero-order chi connectivity index (χ0) is 19.7. The number of rotatable bonds is 4. The standard InChI is InChI=1S/C22H24F2N2O2/c1-14-10-18-11-17(6-7-20(18)28-14)16-4-2-15(3-5-16)13-26-21(27)19-12-22(23,24)8-9-25-19/h2-7,11,14,19,25H,8-10,12-13H2,1H3,(H,26,27). The van der Waals surface area contributed by atoms with Gasteiger partial charge in [0.05, 0.1) is 6.04 Å². The number of alkyl halides is 2. The molecule has 1 fully saturated rings. The van der Waals surface area contributed by atoms with E-state index in [0.29, 0.717) is 6.54 Å². The zero-order valence-corrected chi connectivity index (χ0v) is 15.8. The minimum Gasteiger partial charge on any atom is -0.490 e. The molecular formula is C22H24F2N2O2. The summed E-state index contributed by atoms with van der Waals surface area (Å²) in [5.74, 6) is -2.19. The van der Waals surface area contributed by atoms with Crippen LogP contribution >= 0.6 is 0 Å². The summed E-state index contributed by atoms with van der Waals surface area (Å²) < 4.78 is 32.7. The van der Waals surface area contributed by atoms with Gasteiger partial charge in [-0.3, -0.25) is 4.79 Å². The number of halogens is 2. The molecule has 2 aromatic carbocycles. The van der Waals surface area contributed by atoms with Crippen LogP contribution in [0.25, 0.3) is 11.1 Å². The number of amides is 1. The van der Waals surface area contributed by atoms with Crippen molar-refractivity contribution in [1.29, 1.82) is 0 Å². The third-order valence-electron chi connectivity index (χ3n) is 5.35. The summed E-state index contributed by atoms with van der Waals surface area (Å²) in [4.78, 5) is 12.2. The fourth-order valence-electron chi connectivity index (χ4n) is 3.82. The van der Waals surface area contributed by atoms with Crippen LogP contribution in [-0.4, -0.2) is 30.5 Å². The number of hydrogen-bond donors (Lipinski definition) is 2. The highest BCUT2D eigenvalue weighted by atomic mass is 19.3. The molecule has 0 aromatic heterocycles. The highest BCUT2D eigenvalue weighted by molar-refractivity contribution is 5.82. The van der Waals surface area contributed by atoms with Gasteiger partial charge in [0, 0.05) is 32.4 Å². The lowest BCUT2D eigenvalue weighted by molar-refractivity contribution is -0.128. The Kier molecular flexibility index (Phi) is 5.06. The Bertz CT molecular complexity index is 867. The Morgan fingerprint density at radius 1 is 1.21 bits per heavy atom. The predicted molar refractivity (Wildman–Crippen MR) is 103 cm³/mol. The number of hydrogen-bond acceptors (Lipinski definition) is 3. The Morgan fingerprint density at radius 2 is 1.96 bits per heavy atom. The Balaban J connectivity index is 1.36. The molecule has 4 rings (SSSR count). The van der Waals surface area contributed by atoms with E-state index in [4.69, 9.17) is 4.74 Å². The van der Waals surface area contributed by atoms with Crippen LogP contribution in [-0.2, 0) is 17.8 Å². The van der Waals surface area contributed by atoms with Gasteiger partial charge in [0.1, 0.15) is 11.9 Å². The van der Waals surface area contributed by atoms with Crippen molar-refractivity contribution in [1.82, 2.24) is 10.6 Å². The monoisotopic (exact) mass is 386 g/mol. The summed E-state index contributed by atoms with van der Waals surface area (Å²) in [6.45, 7) is 2.54. The smallest absolute Gasteiger partial charge is 0.251 e. The summed E-state index contributed by atoms with van der Waals surface area (Å²) in [5.41, 5.74) is 4.36. The summed E-state index contributed by atoms with van der Waals surface area (Å²) in [6, 6.07) is 13.3. The summed E-state index contributed by atoms with van der Waals surface area (Å²) in [6.07, 6.45) is 0.473. The highest BCUT2D eigenvalue weighted by Crippen LogP contribution is 2.33. The van der Waals surface area contributed by atoms with Gasteiger partial charge in [0.25, 0.3) is 5.92 Å². The molecule has 0 spiro atoms. The Morgan fingerprint density at radius 3 is 2.71 bits per heavy atom. The summed E-state index contributed by atoms with van der Waals surface area (Å²) in [5, 5.41) is 5.62. The topological polar surface area (TPSA) is 50.4 Å². The molecule has 1 saturated heterocycles. The number of carbonyl (C=O) groups excluding carboxylic acids is 1. The van der Waals surface area contributed by atoms with Gasteiger partial charge in [0.15, 0.2) is 0 Å². The van der Waals surface area contributed by atoms with Gasteiger partial charge in [-0.05, 0) is 41.3 Å². The van der Waals surface area contributed by atoms with E-state index in [-0.39, 0.29) is 25.0 Å². The van der Waals surface area contributed by atoms with E-state index in [2.05, 4.69) is 23.6 Å². The maximum absolute atomic E-state index is 13.5. The molecule has 0 bridgehead atoms. The van der Waals surface area contributed by atoms with Crippen LogP contribution in [0, 0.1) is 0 Å². The number of fused-ring (bicyclic) bond motifs is 1. The van der Waals surface area contributed by atoms with Crippen molar-refractivity contribution in [2.75, 3.05) is 6.54 Å². The molecule has 2 heterocycles. The van der Waals surface area contributed by atoms with Crippen molar-refractivity contribution in [2.45, 2.75) is 50.8 Å². The lowest BCUT2D eigenvalue weighted by Gasteiger charge is -2.29. The predicted octanol–water partition coefficient (Wildman–Crippen LogP) is 3.68. The van der Waals surface area contributed by atoms with Crippen molar-refractivity contribution in [2.24, 2.45) is 0 Å². The fourth-order valence-corrected chi connectivity index (χ4v) is 3.82. The molecule has 148 valence electrons. The summed E-state index contributed by atoms with van der Waals surface area (Å²) >= 11 is 0. The normalized spacial score (nSPS) is 23.0. The first-order chi connectivity index (χ1) is 13.4. The highest BCUT2D eigenvalue weighted by Gasteiger charge is 2.38. The van der Waals surface area contributed by atoms with Crippen LogP contribution in [0.3, 0.4) is 0 Å². The van der Waals surface area contributed by atoms with Gasteiger partial charge < -0.3 is 15.4 Å². The molecular weight excluding hydrogens is 362 g/mol. The molecule has 6 heteroatoms. The number of ether oxygens (including phenoxy) is 1. The maximum Gasteiger partial charge on any atom is 0.251 e. The molecule has 28 heavy (non-hydrogen) atoms. The van der Waals surface area contributed by atoms with E-state index in [1.807, 2.05) is 36.4 Å². The van der Waals surface area contributed by atoms with E-state index in [1.165, 1.54) is 5.56 Å². The molecule has 0 radical (unpaired) electrons. The molecule has 2 aromatic rings. The SMILES string of the molecule is CC1Cc2cc(-c3ccc(CNC(=O)C4CC(F)(F)CCN4)cc3)ccc2O1. The van der Waals surface area contributed by atoms with Crippen molar-refractivity contribution in [3.63, 3.8) is 0 Å². The van der Waals surface area contributed by atoms with Crippen LogP contribution in [0.2, 0.25) is 0 Å². The second-order valence-corrected chi connectivity index (χ2v) is 7.69. The Hall–Kier alpha value is -2.47. The lowest BCUT2D eigenvalue weighted by atomic mass is 9.99. The Labute approximate surface area is 163 Å². The van der Waals surface area contributed by atoms with Gasteiger partial charge >= 0.3 is 0 Å². The van der Waals surface area contributed by atoms with Crippen LogP contribution in [0.5, 0.6) is 5.75 Å². The second-order valence-electron chi connectivity index (χ2n) is 7.69. The molecule has 2 atom stereocenters. The summed E-state index contributed by atoms with van der Waals surface area (Å²) in [7, 11) is 0. The van der Waals surface area contributed by atoms with E-state index >= 15 is 0 Å². The third-order valence-corrected chi connectivity index (χ3v) is 5.35. The van der Waals surface area contributed by atoms with E-state index < -0.39 is 18.4 Å². The maximum atomic E-state index is 13.5. The number of benzene rings is 2. The van der Waals surface area contributed by atoms with Gasteiger partial charge in [-0.1, -0.05) is 30.3 Å². The van der Waals surface area contributed by atoms with Crippen LogP contribution < -0.4 is 15.4 Å². The van der Waals surface area contributed by atoms with Crippen molar-refractivity contribution in [3.05, 3.63) is 53.6 Å². The molecule has 2 N–H and O–H groups in total. The third kappa shape index (κ3) is 4.17. The number of nitrogens with one attached hydrogen (secondary N) is 2. The quantitative estimate of drug-likeness (QED) is 0.843. The average Bonchev–Trinajstić information content (AvgIpc) is 3.05. The minimum atomic E-state index is -2.77. The molecule has 4 nitrogen and oxygen atoms in total. The first kappa shape index (κ1) is 18.9. The molecule has 0 aliphatic carbocycles. The lowest BCUT2D eigenvalue weighted by Crippen LogP contribution is -2.51. The molecule has 2 unspecified atom stereocenters. The van der Waals surface area contributed by atoms with Gasteiger partial charge in [-0.2, -0.15) is 0 Å². The second kappa shape index (κ2) is 7.51. The molecule has 2 aliphatic heterocycles. The van der Waals surface area contributed by atoms with E-state index in [1.54, 1.807) is 0 Å². The number of piperidine rings is 1. The number of carbonyl (C=O) groups is 1. The van der Waals surface area contributed by atoms with Crippen LogP contribution in [0.1, 0.15) is 30.9 Å². The van der Waals surface area contributed by atoms with Crippen LogP contribution in [0.4, 0.5) is 8.78 Å². The van der Waals surface area contributed by atoms with Gasteiger partial charge in [-0.15, -0.1) is 0 Å². The van der Waals surface area contributed by atoms with Gasteiger partial charge in [-0.25, -0.2) is 8.78 Å². The first-order valence-corrected chi connectivity index (χ1v) is 9.67. The largest absolute Gasteiger partial charge is 0.490 e. The van der Waals surface area contributed by atoms with Crippen LogP contribution in [0.15, 0.2) is 42.5 Å². The minimum absolute atomic E-state index is 0.157. The fraction of sp³-hybridized carbons (Fsp3) is 0.409. The molecule has 1 amide bonds. The van der Waals surface area contributed by atoms with Crippen molar-refractivity contribution >= 4 is 5.91 Å². The van der Waals surface area contributed by atoms with E-state index in [0.717, 1.165) is 28.9 Å². The molecule has 0 saturated carbocycles. The van der Waals surface area contributed by atoms with Gasteiger partial charge in [0.2, 0.25) is 5.91 Å². The average molecular weight is 386 g/mol. The van der Waals surface area contributed by atoms with E-state index in [9.17, 15) is 13.6 Å². The van der Waals surface area contributed by atoms with Crippen molar-refractivity contribution in [3.8, 4) is 16.9 Å². The zero-order valence-electron chi connectivity index (χ0n) is 15.8. The molecule has 2 aliphatic rings.